The number of benzene rings is 2. The summed E-state index contributed by atoms with van der Waals surface area (Å²) in [5, 5.41) is 14.4. The summed E-state index contributed by atoms with van der Waals surface area (Å²) in [6, 6.07) is 14.5. The number of carbonyl (C=O) groups excluding carboxylic acids is 1. The van der Waals surface area contributed by atoms with E-state index in [9.17, 15) is 4.79 Å². The SMILES string of the molecule is CC(C)Sc1nnc(NC(=O)CCc2cccc3ccccc23)s1. The predicted octanol–water partition coefficient (Wildman–Crippen LogP) is 4.76. The normalized spacial score (nSPS) is 11.1. The maximum absolute atomic E-state index is 12.2. The van der Waals surface area contributed by atoms with Crippen LogP contribution in [0.3, 0.4) is 0 Å². The van der Waals surface area contributed by atoms with Crippen LogP contribution in [0.1, 0.15) is 25.8 Å². The first-order chi connectivity index (χ1) is 11.6. The molecule has 0 saturated heterocycles. The van der Waals surface area contributed by atoms with Crippen molar-refractivity contribution in [3.05, 3.63) is 48.0 Å². The first-order valence-electron chi connectivity index (χ1n) is 7.88. The van der Waals surface area contributed by atoms with Crippen LogP contribution in [0.25, 0.3) is 10.8 Å². The Bertz CT molecular complexity index is 840. The highest BCUT2D eigenvalue weighted by molar-refractivity contribution is 8.01. The van der Waals surface area contributed by atoms with E-state index in [2.05, 4.69) is 53.6 Å². The van der Waals surface area contributed by atoms with Gasteiger partial charge < -0.3 is 5.32 Å². The summed E-state index contributed by atoms with van der Waals surface area (Å²) < 4.78 is 0.884. The molecular formula is C18H19N3OS2. The fraction of sp³-hybridized carbons (Fsp3) is 0.278. The fourth-order valence-corrected chi connectivity index (χ4v) is 4.44. The number of rotatable bonds is 6. The third-order valence-corrected chi connectivity index (χ3v) is 5.42. The molecular weight excluding hydrogens is 338 g/mol. The van der Waals surface area contributed by atoms with E-state index in [1.54, 1.807) is 11.8 Å². The third kappa shape index (κ3) is 4.33. The molecule has 4 nitrogen and oxygen atoms in total. The molecule has 0 saturated carbocycles. The van der Waals surface area contributed by atoms with Crippen molar-refractivity contribution >= 4 is 44.9 Å². The summed E-state index contributed by atoms with van der Waals surface area (Å²) in [6.07, 6.45) is 1.14. The molecule has 24 heavy (non-hydrogen) atoms. The Morgan fingerprint density at radius 1 is 1.17 bits per heavy atom. The highest BCUT2D eigenvalue weighted by atomic mass is 32.2. The average Bonchev–Trinajstić information content (AvgIpc) is 2.99. The van der Waals surface area contributed by atoms with Crippen LogP contribution in [0.15, 0.2) is 46.8 Å². The summed E-state index contributed by atoms with van der Waals surface area (Å²) in [6.45, 7) is 4.21. The zero-order valence-corrected chi connectivity index (χ0v) is 15.3. The Kier molecular flexibility index (Phi) is 5.48. The number of fused-ring (bicyclic) bond motifs is 1. The number of thioether (sulfide) groups is 1. The lowest BCUT2D eigenvalue weighted by molar-refractivity contribution is -0.116. The fourth-order valence-electron chi connectivity index (χ4n) is 2.45. The minimum atomic E-state index is -0.0276. The van der Waals surface area contributed by atoms with E-state index >= 15 is 0 Å². The van der Waals surface area contributed by atoms with Crippen molar-refractivity contribution in [1.29, 1.82) is 0 Å². The first kappa shape index (κ1) is 16.9. The molecule has 0 radical (unpaired) electrons. The van der Waals surface area contributed by atoms with Crippen molar-refractivity contribution in [3.8, 4) is 0 Å². The zero-order valence-electron chi connectivity index (χ0n) is 13.7. The number of anilines is 1. The topological polar surface area (TPSA) is 54.9 Å². The Balaban J connectivity index is 1.60. The van der Waals surface area contributed by atoms with Crippen molar-refractivity contribution in [1.82, 2.24) is 10.2 Å². The van der Waals surface area contributed by atoms with E-state index in [0.717, 1.165) is 4.34 Å². The lowest BCUT2D eigenvalue weighted by Crippen LogP contribution is -2.12. The van der Waals surface area contributed by atoms with Gasteiger partial charge in [-0.2, -0.15) is 0 Å². The van der Waals surface area contributed by atoms with Crippen LogP contribution in [0, 0.1) is 0 Å². The second-order valence-corrected chi connectivity index (χ2v) is 8.53. The van der Waals surface area contributed by atoms with Gasteiger partial charge in [-0.1, -0.05) is 79.4 Å². The molecule has 0 bridgehead atoms. The summed E-state index contributed by atoms with van der Waals surface area (Å²) in [5.74, 6) is -0.0276. The maximum Gasteiger partial charge on any atom is 0.226 e. The Morgan fingerprint density at radius 3 is 2.79 bits per heavy atom. The van der Waals surface area contributed by atoms with E-state index in [1.165, 1.54) is 27.7 Å². The lowest BCUT2D eigenvalue weighted by Gasteiger charge is -2.06. The highest BCUT2D eigenvalue weighted by Gasteiger charge is 2.10. The minimum absolute atomic E-state index is 0.0276. The number of hydrogen-bond donors (Lipinski definition) is 1. The molecule has 2 aromatic carbocycles. The molecule has 3 rings (SSSR count). The van der Waals surface area contributed by atoms with Gasteiger partial charge in [0.05, 0.1) is 0 Å². The van der Waals surface area contributed by atoms with Crippen LogP contribution in [0.2, 0.25) is 0 Å². The Hall–Kier alpha value is -1.92. The van der Waals surface area contributed by atoms with Crippen LogP contribution in [0.5, 0.6) is 0 Å². The van der Waals surface area contributed by atoms with Gasteiger partial charge in [0.15, 0.2) is 4.34 Å². The number of nitrogens with one attached hydrogen (secondary N) is 1. The van der Waals surface area contributed by atoms with Crippen LogP contribution in [0.4, 0.5) is 5.13 Å². The second kappa shape index (κ2) is 7.77. The standard InChI is InChI=1S/C18H19N3OS2/c1-12(2)23-18-21-20-17(24-18)19-16(22)11-10-14-8-5-7-13-6-3-4-9-15(13)14/h3-9,12H,10-11H2,1-2H3,(H,19,20,22). The first-order valence-corrected chi connectivity index (χ1v) is 9.58. The van der Waals surface area contributed by atoms with Crippen LogP contribution < -0.4 is 5.32 Å². The molecule has 0 unspecified atom stereocenters. The van der Waals surface area contributed by atoms with Crippen molar-refractivity contribution in [2.24, 2.45) is 0 Å². The molecule has 0 aliphatic rings. The van der Waals surface area contributed by atoms with Gasteiger partial charge in [-0.3, -0.25) is 4.79 Å². The van der Waals surface area contributed by atoms with E-state index in [-0.39, 0.29) is 5.91 Å². The quantitative estimate of drug-likeness (QED) is 0.510. The number of aryl methyl sites for hydroxylation is 1. The molecule has 1 heterocycles. The van der Waals surface area contributed by atoms with Gasteiger partial charge in [0.2, 0.25) is 11.0 Å². The van der Waals surface area contributed by atoms with Crippen LogP contribution in [-0.2, 0) is 11.2 Å². The van der Waals surface area contributed by atoms with Crippen molar-refractivity contribution in [2.45, 2.75) is 36.3 Å². The van der Waals surface area contributed by atoms with Gasteiger partial charge >= 0.3 is 0 Å². The average molecular weight is 358 g/mol. The lowest BCUT2D eigenvalue weighted by atomic mass is 10.0. The van der Waals surface area contributed by atoms with Gasteiger partial charge in [-0.25, -0.2) is 0 Å². The van der Waals surface area contributed by atoms with Gasteiger partial charge in [0.25, 0.3) is 0 Å². The van der Waals surface area contributed by atoms with E-state index in [1.807, 2.05) is 18.2 Å². The molecule has 1 amide bonds. The summed E-state index contributed by atoms with van der Waals surface area (Å²) in [5.41, 5.74) is 1.19. The van der Waals surface area contributed by atoms with E-state index in [4.69, 9.17) is 0 Å². The highest BCUT2D eigenvalue weighted by Crippen LogP contribution is 2.28. The van der Waals surface area contributed by atoms with Crippen LogP contribution in [-0.4, -0.2) is 21.4 Å². The summed E-state index contributed by atoms with van der Waals surface area (Å²) in [7, 11) is 0. The monoisotopic (exact) mass is 357 g/mol. The number of carbonyl (C=O) groups is 1. The summed E-state index contributed by atoms with van der Waals surface area (Å²) in [4.78, 5) is 12.2. The molecule has 6 heteroatoms. The van der Waals surface area contributed by atoms with Gasteiger partial charge in [-0.15, -0.1) is 10.2 Å². The molecule has 0 fully saturated rings. The number of amides is 1. The molecule has 1 aromatic heterocycles. The van der Waals surface area contributed by atoms with Gasteiger partial charge in [-0.05, 0) is 22.8 Å². The van der Waals surface area contributed by atoms with E-state index < -0.39 is 0 Å². The molecule has 0 aliphatic carbocycles. The van der Waals surface area contributed by atoms with E-state index in [0.29, 0.717) is 23.2 Å². The third-order valence-electron chi connectivity index (χ3n) is 3.49. The molecule has 124 valence electrons. The molecule has 3 aromatic rings. The molecule has 0 spiro atoms. The smallest absolute Gasteiger partial charge is 0.226 e. The second-order valence-electron chi connectivity index (χ2n) is 5.73. The van der Waals surface area contributed by atoms with Crippen molar-refractivity contribution in [3.63, 3.8) is 0 Å². The number of aromatic nitrogens is 2. The van der Waals surface area contributed by atoms with Crippen molar-refractivity contribution in [2.75, 3.05) is 5.32 Å². The van der Waals surface area contributed by atoms with Gasteiger partial charge in [0, 0.05) is 11.7 Å². The largest absolute Gasteiger partial charge is 0.300 e. The summed E-state index contributed by atoms with van der Waals surface area (Å²) >= 11 is 3.07. The Morgan fingerprint density at radius 2 is 1.96 bits per heavy atom. The van der Waals surface area contributed by atoms with Crippen molar-refractivity contribution < 1.29 is 4.79 Å². The minimum Gasteiger partial charge on any atom is -0.300 e. The molecule has 0 atom stereocenters. The predicted molar refractivity (Wildman–Crippen MR) is 102 cm³/mol. The molecule has 1 N–H and O–H groups in total. The maximum atomic E-state index is 12.2. The zero-order chi connectivity index (χ0) is 16.9. The van der Waals surface area contributed by atoms with Crippen LogP contribution >= 0.6 is 23.1 Å². The Labute approximate surface area is 149 Å². The number of hydrogen-bond acceptors (Lipinski definition) is 5. The number of nitrogens with zero attached hydrogens (tertiary/aromatic N) is 2. The van der Waals surface area contributed by atoms with Gasteiger partial charge in [0.1, 0.15) is 0 Å². The molecule has 0 aliphatic heterocycles.